The predicted molar refractivity (Wildman–Crippen MR) is 62.6 cm³/mol. The number of nitrogens with zero attached hydrogens (tertiary/aromatic N) is 3. The summed E-state index contributed by atoms with van der Waals surface area (Å²) in [5, 5.41) is 10.7. The summed E-state index contributed by atoms with van der Waals surface area (Å²) in [7, 11) is 3.18. The van der Waals surface area contributed by atoms with E-state index >= 15 is 0 Å². The van der Waals surface area contributed by atoms with Gasteiger partial charge in [-0.3, -0.25) is 14.9 Å². The molecule has 0 unspecified atom stereocenters. The second kappa shape index (κ2) is 4.59. The number of carbonyl (C=O) groups is 1. The van der Waals surface area contributed by atoms with Crippen molar-refractivity contribution in [2.45, 2.75) is 18.9 Å². The topological polar surface area (TPSA) is 85.6 Å². The molecule has 0 radical (unpaired) electrons. The van der Waals surface area contributed by atoms with Gasteiger partial charge in [-0.05, 0) is 12.8 Å². The van der Waals surface area contributed by atoms with Crippen LogP contribution in [0, 0.1) is 10.1 Å². The third-order valence-corrected chi connectivity index (χ3v) is 2.48. The first-order chi connectivity index (χ1) is 8.49. The van der Waals surface area contributed by atoms with Crippen LogP contribution < -0.4 is 4.74 Å². The molecule has 7 heteroatoms. The van der Waals surface area contributed by atoms with Crippen LogP contribution in [0.5, 0.6) is 5.75 Å². The lowest BCUT2D eigenvalue weighted by Gasteiger charge is -2.13. The number of hydrogen-bond acceptors (Lipinski definition) is 5. The lowest BCUT2D eigenvalue weighted by molar-refractivity contribution is -0.385. The second-order valence-electron chi connectivity index (χ2n) is 4.31. The van der Waals surface area contributed by atoms with E-state index in [-0.39, 0.29) is 29.1 Å². The molecule has 0 bridgehead atoms. The fourth-order valence-electron chi connectivity index (χ4n) is 1.36. The average Bonchev–Trinajstić information content (AvgIpc) is 3.11. The van der Waals surface area contributed by atoms with Crippen molar-refractivity contribution in [2.75, 3.05) is 14.1 Å². The molecule has 1 aliphatic rings. The van der Waals surface area contributed by atoms with E-state index < -0.39 is 4.92 Å². The summed E-state index contributed by atoms with van der Waals surface area (Å²) in [6.07, 6.45) is 2.91. The first-order valence-electron chi connectivity index (χ1n) is 5.52. The number of pyridine rings is 1. The van der Waals surface area contributed by atoms with Gasteiger partial charge in [-0.25, -0.2) is 4.98 Å². The summed E-state index contributed by atoms with van der Waals surface area (Å²) in [6, 6.07) is 1.25. The molecule has 1 aliphatic carbocycles. The highest BCUT2D eigenvalue weighted by atomic mass is 16.6. The Balaban J connectivity index is 2.37. The summed E-state index contributed by atoms with van der Waals surface area (Å²) in [6.45, 7) is 0. The number of rotatable bonds is 4. The molecule has 2 rings (SSSR count). The smallest absolute Gasteiger partial charge is 0.291 e. The molecule has 0 aromatic carbocycles. The maximum Gasteiger partial charge on any atom is 0.291 e. The number of amides is 1. The van der Waals surface area contributed by atoms with E-state index in [2.05, 4.69) is 4.98 Å². The van der Waals surface area contributed by atoms with E-state index in [1.165, 1.54) is 11.0 Å². The Hall–Kier alpha value is -2.18. The zero-order chi connectivity index (χ0) is 13.3. The molecule has 0 atom stereocenters. The van der Waals surface area contributed by atoms with Gasteiger partial charge in [0.1, 0.15) is 6.20 Å². The highest BCUT2D eigenvalue weighted by Crippen LogP contribution is 2.30. The van der Waals surface area contributed by atoms with Gasteiger partial charge in [-0.1, -0.05) is 0 Å². The van der Waals surface area contributed by atoms with Gasteiger partial charge in [-0.15, -0.1) is 0 Å². The maximum atomic E-state index is 11.9. The number of carbonyl (C=O) groups excluding carboxylic acids is 1. The lowest BCUT2D eigenvalue weighted by atomic mass is 10.2. The molecule has 1 heterocycles. The van der Waals surface area contributed by atoms with E-state index in [4.69, 9.17) is 4.74 Å². The summed E-state index contributed by atoms with van der Waals surface area (Å²) >= 11 is 0. The van der Waals surface area contributed by atoms with Gasteiger partial charge >= 0.3 is 0 Å². The first kappa shape index (κ1) is 12.3. The third-order valence-electron chi connectivity index (χ3n) is 2.48. The fraction of sp³-hybridized carbons (Fsp3) is 0.455. The number of aromatic nitrogens is 1. The molecule has 7 nitrogen and oxygen atoms in total. The minimum Gasteiger partial charge on any atom is -0.488 e. The van der Waals surface area contributed by atoms with Crippen LogP contribution in [0.15, 0.2) is 12.3 Å². The average molecular weight is 251 g/mol. The van der Waals surface area contributed by atoms with Crippen LogP contribution in [0.25, 0.3) is 0 Å². The Labute approximate surface area is 104 Å². The van der Waals surface area contributed by atoms with Gasteiger partial charge in [0, 0.05) is 14.1 Å². The zero-order valence-corrected chi connectivity index (χ0v) is 10.1. The van der Waals surface area contributed by atoms with Crippen molar-refractivity contribution < 1.29 is 14.5 Å². The Morgan fingerprint density at radius 1 is 1.56 bits per heavy atom. The quantitative estimate of drug-likeness (QED) is 0.593. The molecule has 96 valence electrons. The Morgan fingerprint density at radius 3 is 2.72 bits per heavy atom. The number of hydrogen-bond donors (Lipinski definition) is 0. The van der Waals surface area contributed by atoms with Crippen LogP contribution in [0.3, 0.4) is 0 Å². The van der Waals surface area contributed by atoms with E-state index in [1.807, 2.05) is 0 Å². The summed E-state index contributed by atoms with van der Waals surface area (Å²) < 4.78 is 5.50. The van der Waals surface area contributed by atoms with E-state index in [0.29, 0.717) is 0 Å². The first-order valence-corrected chi connectivity index (χ1v) is 5.52. The van der Waals surface area contributed by atoms with Gasteiger partial charge in [0.25, 0.3) is 11.6 Å². The van der Waals surface area contributed by atoms with Crippen molar-refractivity contribution in [1.29, 1.82) is 0 Å². The Bertz CT molecular complexity index is 497. The zero-order valence-electron chi connectivity index (χ0n) is 10.1. The molecular formula is C11H13N3O4. The van der Waals surface area contributed by atoms with Crippen molar-refractivity contribution in [3.63, 3.8) is 0 Å². The maximum absolute atomic E-state index is 11.9. The minimum atomic E-state index is -0.559. The molecular weight excluding hydrogens is 238 g/mol. The predicted octanol–water partition coefficient (Wildman–Crippen LogP) is 1.23. The van der Waals surface area contributed by atoms with Gasteiger partial charge in [0.05, 0.1) is 17.1 Å². The van der Waals surface area contributed by atoms with Crippen molar-refractivity contribution in [2.24, 2.45) is 0 Å². The monoisotopic (exact) mass is 251 g/mol. The molecule has 0 spiro atoms. The van der Waals surface area contributed by atoms with Gasteiger partial charge in [0.2, 0.25) is 0 Å². The third kappa shape index (κ3) is 2.55. The van der Waals surface area contributed by atoms with E-state index in [9.17, 15) is 14.9 Å². The highest BCUT2D eigenvalue weighted by Gasteiger charge is 2.28. The SMILES string of the molecule is CN(C)C(=O)c1ncc([N+](=O)[O-])cc1OC1CC1. The summed E-state index contributed by atoms with van der Waals surface area (Å²) in [5.74, 6) is -0.147. The van der Waals surface area contributed by atoms with Crippen molar-refractivity contribution in [1.82, 2.24) is 9.88 Å². The molecule has 1 aromatic heterocycles. The van der Waals surface area contributed by atoms with Crippen LogP contribution in [0.4, 0.5) is 5.69 Å². The molecule has 0 saturated heterocycles. The van der Waals surface area contributed by atoms with Gasteiger partial charge in [0.15, 0.2) is 11.4 Å². The van der Waals surface area contributed by atoms with Crippen molar-refractivity contribution >= 4 is 11.6 Å². The Morgan fingerprint density at radius 2 is 2.22 bits per heavy atom. The molecule has 18 heavy (non-hydrogen) atoms. The summed E-state index contributed by atoms with van der Waals surface area (Å²) in [5.41, 5.74) is -0.0709. The standard InChI is InChI=1S/C11H13N3O4/c1-13(2)11(15)10-9(18-8-3-4-8)5-7(6-12-10)14(16)17/h5-6,8H,3-4H2,1-2H3. The van der Waals surface area contributed by atoms with Crippen LogP contribution in [-0.4, -0.2) is 40.9 Å². The van der Waals surface area contributed by atoms with E-state index in [1.54, 1.807) is 14.1 Å². The van der Waals surface area contributed by atoms with Crippen molar-refractivity contribution in [3.05, 3.63) is 28.1 Å². The van der Waals surface area contributed by atoms with Crippen LogP contribution in [-0.2, 0) is 0 Å². The lowest BCUT2D eigenvalue weighted by Crippen LogP contribution is -2.23. The molecule has 0 N–H and O–H groups in total. The fourth-order valence-corrected chi connectivity index (χ4v) is 1.36. The largest absolute Gasteiger partial charge is 0.488 e. The van der Waals surface area contributed by atoms with Gasteiger partial charge in [-0.2, -0.15) is 0 Å². The van der Waals surface area contributed by atoms with Crippen LogP contribution >= 0.6 is 0 Å². The molecule has 1 aromatic rings. The normalized spacial score (nSPS) is 14.1. The minimum absolute atomic E-state index is 0.0440. The van der Waals surface area contributed by atoms with Crippen molar-refractivity contribution in [3.8, 4) is 5.75 Å². The molecule has 0 aliphatic heterocycles. The summed E-state index contributed by atoms with van der Waals surface area (Å²) in [4.78, 5) is 27.2. The number of ether oxygens (including phenoxy) is 1. The molecule has 1 fully saturated rings. The number of nitro groups is 1. The van der Waals surface area contributed by atoms with E-state index in [0.717, 1.165) is 19.0 Å². The second-order valence-corrected chi connectivity index (χ2v) is 4.31. The van der Waals surface area contributed by atoms with Crippen LogP contribution in [0.2, 0.25) is 0 Å². The highest BCUT2D eigenvalue weighted by molar-refractivity contribution is 5.94. The van der Waals surface area contributed by atoms with Gasteiger partial charge < -0.3 is 9.64 Å². The molecule has 1 saturated carbocycles. The Kier molecular flexibility index (Phi) is 3.14. The molecule has 1 amide bonds. The van der Waals surface area contributed by atoms with Crippen LogP contribution in [0.1, 0.15) is 23.3 Å².